The second kappa shape index (κ2) is 6.74. The van der Waals surface area contributed by atoms with Gasteiger partial charge in [-0.3, -0.25) is 0 Å². The molecule has 1 aromatic rings. The monoisotopic (exact) mass is 292 g/mol. The van der Waals surface area contributed by atoms with E-state index in [0.717, 1.165) is 12.8 Å². The number of aromatic nitrogens is 2. The van der Waals surface area contributed by atoms with E-state index in [1.165, 1.54) is 6.07 Å². The first kappa shape index (κ1) is 16.5. The van der Waals surface area contributed by atoms with Gasteiger partial charge in [-0.15, -0.1) is 0 Å². The lowest BCUT2D eigenvalue weighted by Gasteiger charge is -2.20. The van der Waals surface area contributed by atoms with Gasteiger partial charge in [0.2, 0.25) is 5.82 Å². The molecule has 20 heavy (non-hydrogen) atoms. The van der Waals surface area contributed by atoms with Crippen LogP contribution >= 0.6 is 0 Å². The van der Waals surface area contributed by atoms with Crippen LogP contribution in [0.1, 0.15) is 32.5 Å². The number of halogens is 3. The zero-order valence-corrected chi connectivity index (χ0v) is 11.4. The van der Waals surface area contributed by atoms with Gasteiger partial charge in [0.15, 0.2) is 0 Å². The molecule has 0 aliphatic heterocycles. The molecule has 1 rings (SSSR count). The van der Waals surface area contributed by atoms with Gasteiger partial charge in [0, 0.05) is 12.6 Å². The normalized spacial score (nSPS) is 13.6. The first-order valence-corrected chi connectivity index (χ1v) is 6.41. The Morgan fingerprint density at radius 3 is 2.40 bits per heavy atom. The molecule has 0 aromatic carbocycles. The van der Waals surface area contributed by atoms with Crippen molar-refractivity contribution in [1.29, 1.82) is 0 Å². The Morgan fingerprint density at radius 1 is 1.30 bits per heavy atom. The maximum absolute atomic E-state index is 12.5. The first-order valence-electron chi connectivity index (χ1n) is 6.41. The zero-order valence-electron chi connectivity index (χ0n) is 11.4. The van der Waals surface area contributed by atoms with Gasteiger partial charge in [-0.05, 0) is 5.92 Å². The fourth-order valence-electron chi connectivity index (χ4n) is 1.89. The SMILES string of the molecule is CCC(CC)C(O)CNc1cc(N)nc(C(F)(F)F)n1. The third-order valence-corrected chi connectivity index (χ3v) is 3.08. The minimum atomic E-state index is -4.65. The van der Waals surface area contributed by atoms with E-state index in [4.69, 9.17) is 5.73 Å². The van der Waals surface area contributed by atoms with Crippen LogP contribution in [-0.4, -0.2) is 27.7 Å². The van der Waals surface area contributed by atoms with Crippen molar-refractivity contribution in [2.24, 2.45) is 5.92 Å². The summed E-state index contributed by atoms with van der Waals surface area (Å²) in [5.41, 5.74) is 5.32. The molecule has 5 nitrogen and oxygen atoms in total. The molecule has 1 atom stereocenters. The van der Waals surface area contributed by atoms with Gasteiger partial charge < -0.3 is 16.2 Å². The molecule has 4 N–H and O–H groups in total. The smallest absolute Gasteiger partial charge is 0.391 e. The summed E-state index contributed by atoms with van der Waals surface area (Å²) >= 11 is 0. The van der Waals surface area contributed by atoms with Gasteiger partial charge in [-0.1, -0.05) is 26.7 Å². The number of alkyl halides is 3. The summed E-state index contributed by atoms with van der Waals surface area (Å²) in [6.07, 6.45) is -3.73. The number of aliphatic hydroxyl groups excluding tert-OH is 1. The first-order chi connectivity index (χ1) is 9.27. The average Bonchev–Trinajstić information content (AvgIpc) is 2.36. The summed E-state index contributed by atoms with van der Waals surface area (Å²) < 4.78 is 37.6. The van der Waals surface area contributed by atoms with E-state index in [9.17, 15) is 18.3 Å². The number of anilines is 2. The number of nitrogen functional groups attached to an aromatic ring is 1. The maximum Gasteiger partial charge on any atom is 0.451 e. The molecule has 0 aliphatic carbocycles. The lowest BCUT2D eigenvalue weighted by Crippen LogP contribution is -2.28. The van der Waals surface area contributed by atoms with E-state index < -0.39 is 18.1 Å². The number of nitrogens with zero attached hydrogens (tertiary/aromatic N) is 2. The van der Waals surface area contributed by atoms with Crippen molar-refractivity contribution in [1.82, 2.24) is 9.97 Å². The molecule has 1 heterocycles. The van der Waals surface area contributed by atoms with Crippen LogP contribution in [-0.2, 0) is 6.18 Å². The molecule has 1 aromatic heterocycles. The van der Waals surface area contributed by atoms with Gasteiger partial charge in [0.25, 0.3) is 0 Å². The van der Waals surface area contributed by atoms with Gasteiger partial charge in [-0.2, -0.15) is 13.2 Å². The standard InChI is InChI=1S/C12H19F3N4O/c1-3-7(4-2)8(20)6-17-10-5-9(16)18-11(19-10)12(13,14)15/h5,7-8,20H,3-4,6H2,1-2H3,(H3,16,17,18,19). The lowest BCUT2D eigenvalue weighted by atomic mass is 9.97. The third kappa shape index (κ3) is 4.52. The van der Waals surface area contributed by atoms with Crippen LogP contribution in [0.2, 0.25) is 0 Å². The van der Waals surface area contributed by atoms with Crippen molar-refractivity contribution < 1.29 is 18.3 Å². The Balaban J connectivity index is 2.76. The maximum atomic E-state index is 12.5. The summed E-state index contributed by atoms with van der Waals surface area (Å²) in [4.78, 5) is 6.49. The van der Waals surface area contributed by atoms with Crippen molar-refractivity contribution >= 4 is 11.6 Å². The van der Waals surface area contributed by atoms with Crippen LogP contribution in [0.4, 0.5) is 24.8 Å². The van der Waals surface area contributed by atoms with E-state index in [2.05, 4.69) is 15.3 Å². The molecule has 1 unspecified atom stereocenters. The Morgan fingerprint density at radius 2 is 1.90 bits per heavy atom. The summed E-state index contributed by atoms with van der Waals surface area (Å²) in [5.74, 6) is -1.53. The Bertz CT molecular complexity index is 435. The minimum absolute atomic E-state index is 0.0465. The van der Waals surface area contributed by atoms with Crippen LogP contribution in [0.25, 0.3) is 0 Å². The van der Waals surface area contributed by atoms with E-state index >= 15 is 0 Å². The summed E-state index contributed by atoms with van der Waals surface area (Å²) in [7, 11) is 0. The summed E-state index contributed by atoms with van der Waals surface area (Å²) in [6, 6.07) is 1.20. The molecule has 0 saturated carbocycles. The molecular formula is C12H19F3N4O. The highest BCUT2D eigenvalue weighted by atomic mass is 19.4. The van der Waals surface area contributed by atoms with Crippen LogP contribution in [0.3, 0.4) is 0 Å². The van der Waals surface area contributed by atoms with Crippen LogP contribution in [0.15, 0.2) is 6.07 Å². The zero-order chi connectivity index (χ0) is 15.3. The predicted octanol–water partition coefficient (Wildman–Crippen LogP) is 2.29. The number of hydrogen-bond donors (Lipinski definition) is 3. The Kier molecular flexibility index (Phi) is 5.55. The topological polar surface area (TPSA) is 84.1 Å². The second-order valence-corrected chi connectivity index (χ2v) is 4.52. The van der Waals surface area contributed by atoms with E-state index in [1.54, 1.807) is 0 Å². The molecule has 0 bridgehead atoms. The van der Waals surface area contributed by atoms with Gasteiger partial charge in [0.05, 0.1) is 6.10 Å². The van der Waals surface area contributed by atoms with E-state index in [1.807, 2.05) is 13.8 Å². The molecular weight excluding hydrogens is 273 g/mol. The van der Waals surface area contributed by atoms with Crippen LogP contribution in [0.5, 0.6) is 0 Å². The van der Waals surface area contributed by atoms with Crippen molar-refractivity contribution in [2.75, 3.05) is 17.6 Å². The molecule has 0 aliphatic rings. The van der Waals surface area contributed by atoms with E-state index in [-0.39, 0.29) is 24.1 Å². The third-order valence-electron chi connectivity index (χ3n) is 3.08. The number of nitrogens with two attached hydrogens (primary N) is 1. The Labute approximate surface area is 115 Å². The number of rotatable bonds is 6. The highest BCUT2D eigenvalue weighted by Crippen LogP contribution is 2.27. The summed E-state index contributed by atoms with van der Waals surface area (Å²) in [6.45, 7) is 4.00. The largest absolute Gasteiger partial charge is 0.451 e. The van der Waals surface area contributed by atoms with E-state index in [0.29, 0.717) is 0 Å². The molecule has 0 amide bonds. The Hall–Kier alpha value is -1.57. The van der Waals surface area contributed by atoms with Crippen molar-refractivity contribution in [3.05, 3.63) is 11.9 Å². The number of aliphatic hydroxyl groups is 1. The van der Waals surface area contributed by atoms with Crippen molar-refractivity contribution in [2.45, 2.75) is 39.0 Å². The van der Waals surface area contributed by atoms with Crippen LogP contribution in [0, 0.1) is 5.92 Å². The minimum Gasteiger partial charge on any atom is -0.391 e. The second-order valence-electron chi connectivity index (χ2n) is 4.52. The molecule has 0 radical (unpaired) electrons. The van der Waals surface area contributed by atoms with Gasteiger partial charge in [0.1, 0.15) is 11.6 Å². The molecule has 0 saturated heterocycles. The van der Waals surface area contributed by atoms with Crippen molar-refractivity contribution in [3.63, 3.8) is 0 Å². The highest BCUT2D eigenvalue weighted by Gasteiger charge is 2.35. The highest BCUT2D eigenvalue weighted by molar-refractivity contribution is 5.45. The van der Waals surface area contributed by atoms with Gasteiger partial charge in [-0.25, -0.2) is 9.97 Å². The van der Waals surface area contributed by atoms with Crippen LogP contribution < -0.4 is 11.1 Å². The fraction of sp³-hybridized carbons (Fsp3) is 0.667. The quantitative estimate of drug-likeness (QED) is 0.749. The number of nitrogens with one attached hydrogen (secondary N) is 1. The molecule has 0 fully saturated rings. The average molecular weight is 292 g/mol. The molecule has 0 spiro atoms. The molecule has 114 valence electrons. The predicted molar refractivity (Wildman–Crippen MR) is 70.0 cm³/mol. The van der Waals surface area contributed by atoms with Gasteiger partial charge >= 0.3 is 6.18 Å². The van der Waals surface area contributed by atoms with Crippen molar-refractivity contribution in [3.8, 4) is 0 Å². The number of hydrogen-bond acceptors (Lipinski definition) is 5. The molecule has 8 heteroatoms. The summed E-state index contributed by atoms with van der Waals surface area (Å²) in [5, 5.41) is 12.6. The fourth-order valence-corrected chi connectivity index (χ4v) is 1.89. The lowest BCUT2D eigenvalue weighted by molar-refractivity contribution is -0.144.